The van der Waals surface area contributed by atoms with Gasteiger partial charge in [0.05, 0.1) is 6.10 Å². The van der Waals surface area contributed by atoms with Crippen molar-refractivity contribution < 1.29 is 23.4 Å². The van der Waals surface area contributed by atoms with E-state index in [9.17, 15) is 18.7 Å². The number of carbonyl (C=O) groups excluding carboxylic acids is 1. The molecule has 0 aliphatic carbocycles. The van der Waals surface area contributed by atoms with Crippen LogP contribution in [0.5, 0.6) is 5.75 Å². The highest BCUT2D eigenvalue weighted by atomic mass is 19.1. The van der Waals surface area contributed by atoms with E-state index in [0.717, 1.165) is 31.4 Å². The molecule has 2 heterocycles. The van der Waals surface area contributed by atoms with Crippen LogP contribution in [-0.4, -0.2) is 40.2 Å². The number of amides is 1. The molecule has 1 amide bonds. The summed E-state index contributed by atoms with van der Waals surface area (Å²) in [4.78, 5) is 14.5. The second kappa shape index (κ2) is 6.43. The highest BCUT2D eigenvalue weighted by Gasteiger charge is 2.42. The summed E-state index contributed by atoms with van der Waals surface area (Å²) in [6, 6.07) is 3.07. The third-order valence-corrected chi connectivity index (χ3v) is 4.75. The van der Waals surface area contributed by atoms with Gasteiger partial charge in [0, 0.05) is 18.2 Å². The number of rotatable bonds is 3. The summed E-state index contributed by atoms with van der Waals surface area (Å²) < 4.78 is 32.0. The highest BCUT2D eigenvalue weighted by molar-refractivity contribution is 5.81. The second-order valence-corrected chi connectivity index (χ2v) is 6.44. The average Bonchev–Trinajstić information content (AvgIpc) is 2.48. The molecule has 2 unspecified atom stereocenters. The van der Waals surface area contributed by atoms with Crippen LogP contribution in [0.2, 0.25) is 0 Å². The smallest absolute Gasteiger partial charge is 0.263 e. The van der Waals surface area contributed by atoms with Gasteiger partial charge >= 0.3 is 0 Å². The predicted octanol–water partition coefficient (Wildman–Crippen LogP) is 2.64. The Morgan fingerprint density at radius 3 is 2.57 bits per heavy atom. The number of carbonyl (C=O) groups is 1. The SMILES string of the molecule is CC(Oc1ccc(F)cc1F)C(=O)N1[C@@H]2CCC[C@H]1CC(O)C2. The molecule has 4 atom stereocenters. The van der Waals surface area contributed by atoms with Gasteiger partial charge in [-0.1, -0.05) is 0 Å². The molecular formula is C17H21F2NO3. The normalized spacial score (nSPS) is 28.3. The van der Waals surface area contributed by atoms with Crippen LogP contribution in [0, 0.1) is 11.6 Å². The number of piperidine rings is 2. The highest BCUT2D eigenvalue weighted by Crippen LogP contribution is 2.35. The van der Waals surface area contributed by atoms with Crippen LogP contribution in [0.25, 0.3) is 0 Å². The summed E-state index contributed by atoms with van der Waals surface area (Å²) in [6.07, 6.45) is 2.75. The fraction of sp³-hybridized carbons (Fsp3) is 0.588. The molecule has 6 heteroatoms. The number of hydrogen-bond donors (Lipinski definition) is 1. The van der Waals surface area contributed by atoms with Crippen LogP contribution >= 0.6 is 0 Å². The molecule has 0 radical (unpaired) electrons. The Kier molecular flexibility index (Phi) is 4.53. The van der Waals surface area contributed by atoms with Crippen molar-refractivity contribution in [1.29, 1.82) is 0 Å². The first kappa shape index (κ1) is 16.2. The third-order valence-electron chi connectivity index (χ3n) is 4.75. The first-order chi connectivity index (χ1) is 11.0. The molecule has 3 rings (SSSR count). The van der Waals surface area contributed by atoms with E-state index in [4.69, 9.17) is 4.74 Å². The molecule has 23 heavy (non-hydrogen) atoms. The Morgan fingerprint density at radius 1 is 1.30 bits per heavy atom. The van der Waals surface area contributed by atoms with Crippen molar-refractivity contribution in [1.82, 2.24) is 4.90 Å². The fourth-order valence-corrected chi connectivity index (χ4v) is 3.73. The van der Waals surface area contributed by atoms with Crippen LogP contribution in [0.1, 0.15) is 39.0 Å². The summed E-state index contributed by atoms with van der Waals surface area (Å²) in [7, 11) is 0. The van der Waals surface area contributed by atoms with Crippen LogP contribution in [-0.2, 0) is 4.79 Å². The van der Waals surface area contributed by atoms with Gasteiger partial charge in [-0.3, -0.25) is 4.79 Å². The lowest BCUT2D eigenvalue weighted by Crippen LogP contribution is -2.58. The lowest BCUT2D eigenvalue weighted by Gasteiger charge is -2.48. The summed E-state index contributed by atoms with van der Waals surface area (Å²) >= 11 is 0. The Morgan fingerprint density at radius 2 is 1.96 bits per heavy atom. The lowest BCUT2D eigenvalue weighted by atomic mass is 9.82. The van der Waals surface area contributed by atoms with Crippen molar-refractivity contribution in [2.75, 3.05) is 0 Å². The van der Waals surface area contributed by atoms with Gasteiger partial charge in [0.25, 0.3) is 5.91 Å². The topological polar surface area (TPSA) is 49.8 Å². The zero-order valence-electron chi connectivity index (χ0n) is 13.0. The quantitative estimate of drug-likeness (QED) is 0.929. The predicted molar refractivity (Wildman–Crippen MR) is 80.0 cm³/mol. The van der Waals surface area contributed by atoms with Crippen molar-refractivity contribution in [3.63, 3.8) is 0 Å². The minimum atomic E-state index is -0.853. The maximum absolute atomic E-state index is 13.7. The molecule has 0 saturated carbocycles. The number of hydrogen-bond acceptors (Lipinski definition) is 3. The van der Waals surface area contributed by atoms with E-state index in [1.54, 1.807) is 6.92 Å². The molecule has 2 bridgehead atoms. The first-order valence-corrected chi connectivity index (χ1v) is 8.07. The molecular weight excluding hydrogens is 304 g/mol. The molecule has 2 aliphatic rings. The Labute approximate surface area is 134 Å². The Hall–Kier alpha value is -1.69. The number of fused-ring (bicyclic) bond motifs is 2. The molecule has 2 saturated heterocycles. The molecule has 1 aromatic rings. The van der Waals surface area contributed by atoms with Crippen LogP contribution < -0.4 is 4.74 Å². The van der Waals surface area contributed by atoms with Crippen LogP contribution in [0.4, 0.5) is 8.78 Å². The summed E-state index contributed by atoms with van der Waals surface area (Å²) in [6.45, 7) is 1.58. The summed E-state index contributed by atoms with van der Waals surface area (Å²) in [5.74, 6) is -1.84. The standard InChI is InChI=1S/C17H21F2NO3/c1-10(23-16-6-5-11(18)7-15(16)19)17(22)20-12-3-2-4-13(20)9-14(21)8-12/h5-7,10,12-14,21H,2-4,8-9H2,1H3/t10?,12-,13+,14?. The zero-order chi connectivity index (χ0) is 16.6. The second-order valence-electron chi connectivity index (χ2n) is 6.44. The maximum atomic E-state index is 13.7. The van der Waals surface area contributed by atoms with Gasteiger partial charge in [-0.05, 0) is 51.2 Å². The van der Waals surface area contributed by atoms with E-state index in [0.29, 0.717) is 12.8 Å². The van der Waals surface area contributed by atoms with Gasteiger partial charge in [0.1, 0.15) is 5.82 Å². The Bertz CT molecular complexity index is 581. The number of benzene rings is 1. The largest absolute Gasteiger partial charge is 0.478 e. The van der Waals surface area contributed by atoms with E-state index in [2.05, 4.69) is 0 Å². The number of halogens is 2. The van der Waals surface area contributed by atoms with Crippen molar-refractivity contribution in [2.45, 2.75) is 63.3 Å². The molecule has 0 aromatic heterocycles. The van der Waals surface area contributed by atoms with Gasteiger partial charge in [-0.15, -0.1) is 0 Å². The number of nitrogens with zero attached hydrogens (tertiary/aromatic N) is 1. The monoisotopic (exact) mass is 325 g/mol. The first-order valence-electron chi connectivity index (χ1n) is 8.07. The number of aliphatic hydroxyl groups excluding tert-OH is 1. The summed E-state index contributed by atoms with van der Waals surface area (Å²) in [5, 5.41) is 9.90. The van der Waals surface area contributed by atoms with Crippen LogP contribution in [0.15, 0.2) is 18.2 Å². The zero-order valence-corrected chi connectivity index (χ0v) is 13.0. The van der Waals surface area contributed by atoms with Gasteiger partial charge in [-0.25, -0.2) is 8.78 Å². The number of aliphatic hydroxyl groups is 1. The molecule has 1 N–H and O–H groups in total. The minimum Gasteiger partial charge on any atom is -0.478 e. The van der Waals surface area contributed by atoms with E-state index in [1.807, 2.05) is 4.90 Å². The van der Waals surface area contributed by atoms with Gasteiger partial charge in [-0.2, -0.15) is 0 Å². The third kappa shape index (κ3) is 3.32. The molecule has 0 spiro atoms. The van der Waals surface area contributed by atoms with E-state index in [1.165, 1.54) is 6.07 Å². The van der Waals surface area contributed by atoms with Gasteiger partial charge in [0.2, 0.25) is 0 Å². The summed E-state index contributed by atoms with van der Waals surface area (Å²) in [5.41, 5.74) is 0. The molecule has 1 aromatic carbocycles. The van der Waals surface area contributed by atoms with Crippen molar-refractivity contribution >= 4 is 5.91 Å². The molecule has 126 valence electrons. The van der Waals surface area contributed by atoms with E-state index >= 15 is 0 Å². The number of ether oxygens (including phenoxy) is 1. The molecule has 4 nitrogen and oxygen atoms in total. The van der Waals surface area contributed by atoms with E-state index in [-0.39, 0.29) is 29.8 Å². The Balaban J connectivity index is 1.72. The molecule has 2 fully saturated rings. The average molecular weight is 325 g/mol. The van der Waals surface area contributed by atoms with Gasteiger partial charge < -0.3 is 14.7 Å². The van der Waals surface area contributed by atoms with Crippen molar-refractivity contribution in [2.24, 2.45) is 0 Å². The van der Waals surface area contributed by atoms with Crippen molar-refractivity contribution in [3.8, 4) is 5.75 Å². The molecule has 2 aliphatic heterocycles. The lowest BCUT2D eigenvalue weighted by molar-refractivity contribution is -0.151. The van der Waals surface area contributed by atoms with E-state index < -0.39 is 17.7 Å². The maximum Gasteiger partial charge on any atom is 0.263 e. The van der Waals surface area contributed by atoms with Crippen molar-refractivity contribution in [3.05, 3.63) is 29.8 Å². The minimum absolute atomic E-state index is 0.0223. The van der Waals surface area contributed by atoms with Gasteiger partial charge in [0.15, 0.2) is 17.7 Å². The van der Waals surface area contributed by atoms with Crippen LogP contribution in [0.3, 0.4) is 0 Å². The fourth-order valence-electron chi connectivity index (χ4n) is 3.73.